The van der Waals surface area contributed by atoms with E-state index in [0.29, 0.717) is 30.0 Å². The molecule has 0 unspecified atom stereocenters. The number of likely N-dealkylation sites (N-methyl/N-ethyl adjacent to an activating group) is 1. The molecule has 5 N–H and O–H groups in total. The second-order valence-electron chi connectivity index (χ2n) is 7.52. The summed E-state index contributed by atoms with van der Waals surface area (Å²) in [7, 11) is 3.53. The Morgan fingerprint density at radius 2 is 2.03 bits per heavy atom. The smallest absolute Gasteiger partial charge is 0.287 e. The first-order valence-corrected chi connectivity index (χ1v) is 9.94. The molecule has 2 heterocycles. The third-order valence-corrected chi connectivity index (χ3v) is 5.01. The minimum atomic E-state index is -0.761. The highest BCUT2D eigenvalue weighted by molar-refractivity contribution is 5.91. The fraction of sp³-hybridized carbons (Fsp3) is 0.333. The number of benzene rings is 1. The lowest BCUT2D eigenvalue weighted by atomic mass is 9.98. The van der Waals surface area contributed by atoms with Crippen molar-refractivity contribution in [3.63, 3.8) is 0 Å². The molecular weight excluding hydrogens is 414 g/mol. The third-order valence-electron chi connectivity index (χ3n) is 5.01. The van der Waals surface area contributed by atoms with E-state index in [1.807, 2.05) is 25.8 Å². The second kappa shape index (κ2) is 9.62. The monoisotopic (exact) mass is 441 g/mol. The molecule has 0 atom stereocenters. The van der Waals surface area contributed by atoms with Gasteiger partial charge in [0.2, 0.25) is 5.82 Å². The fourth-order valence-corrected chi connectivity index (χ4v) is 3.26. The lowest BCUT2D eigenvalue weighted by Gasteiger charge is -2.18. The Labute approximate surface area is 185 Å². The van der Waals surface area contributed by atoms with Crippen LogP contribution in [0.4, 0.5) is 5.82 Å². The van der Waals surface area contributed by atoms with E-state index in [1.165, 1.54) is 10.6 Å². The molecule has 170 valence electrons. The van der Waals surface area contributed by atoms with Crippen LogP contribution in [0.15, 0.2) is 30.5 Å². The van der Waals surface area contributed by atoms with Crippen LogP contribution in [-0.2, 0) is 4.74 Å². The van der Waals surface area contributed by atoms with E-state index in [9.17, 15) is 9.90 Å². The van der Waals surface area contributed by atoms with Crippen molar-refractivity contribution in [2.24, 2.45) is 11.6 Å². The van der Waals surface area contributed by atoms with Gasteiger partial charge >= 0.3 is 0 Å². The first kappa shape index (κ1) is 23.0. The number of phenolic OH excluding ortho intramolecular Hbond substituents is 1. The van der Waals surface area contributed by atoms with Gasteiger partial charge < -0.3 is 25.3 Å². The number of aromatic hydroxyl groups is 1. The minimum absolute atomic E-state index is 0.0103. The van der Waals surface area contributed by atoms with Gasteiger partial charge in [-0.05, 0) is 29.7 Å². The number of hydrogen-bond donors (Lipinski definition) is 3. The zero-order valence-electron chi connectivity index (χ0n) is 18.4. The van der Waals surface area contributed by atoms with Crippen LogP contribution in [0.25, 0.3) is 17.1 Å². The minimum Gasteiger partial charge on any atom is -0.508 e. The molecule has 32 heavy (non-hydrogen) atoms. The molecule has 3 aromatic rings. The van der Waals surface area contributed by atoms with Gasteiger partial charge in [-0.15, -0.1) is 10.2 Å². The summed E-state index contributed by atoms with van der Waals surface area (Å²) in [4.78, 5) is 23.5. The van der Waals surface area contributed by atoms with Crippen LogP contribution in [0.5, 0.6) is 11.5 Å². The van der Waals surface area contributed by atoms with Gasteiger partial charge in [-0.25, -0.2) is 4.98 Å². The summed E-state index contributed by atoms with van der Waals surface area (Å²) in [5, 5.41) is 18.4. The number of rotatable bonds is 9. The van der Waals surface area contributed by atoms with E-state index < -0.39 is 5.91 Å². The Balaban J connectivity index is 2.14. The SMILES string of the molecule is COCCN(C)c1ccc(-n2c(C(N)=O)nnc2-c2cc(C(C)C)c(O)cc2ON)cn1. The summed E-state index contributed by atoms with van der Waals surface area (Å²) in [6.45, 7) is 5.09. The number of carbonyl (C=O) groups excluding carboxylic acids is 1. The number of hydrogen-bond acceptors (Lipinski definition) is 9. The predicted molar refractivity (Wildman–Crippen MR) is 119 cm³/mol. The molecule has 0 spiro atoms. The zero-order valence-corrected chi connectivity index (χ0v) is 18.4. The third kappa shape index (κ3) is 4.48. The van der Waals surface area contributed by atoms with Gasteiger partial charge in [0.1, 0.15) is 11.6 Å². The maximum Gasteiger partial charge on any atom is 0.287 e. The van der Waals surface area contributed by atoms with Crippen molar-refractivity contribution in [2.75, 3.05) is 32.2 Å². The first-order valence-electron chi connectivity index (χ1n) is 9.94. The number of aromatic nitrogens is 4. The molecule has 0 bridgehead atoms. The standard InChI is InChI=1S/C21H27N7O4/c1-12(2)14-9-15(17(32-23)10-16(14)29)20-25-26-21(19(22)30)28(20)13-5-6-18(24-11-13)27(3)7-8-31-4/h5-6,9-12,29H,7-8,23H2,1-4H3,(H2,22,30). The molecule has 11 heteroatoms. The highest BCUT2D eigenvalue weighted by atomic mass is 16.6. The maximum absolute atomic E-state index is 12.1. The number of methoxy groups -OCH3 is 1. The van der Waals surface area contributed by atoms with Crippen molar-refractivity contribution in [3.8, 4) is 28.6 Å². The van der Waals surface area contributed by atoms with E-state index in [-0.39, 0.29) is 29.1 Å². The van der Waals surface area contributed by atoms with Crippen molar-refractivity contribution in [3.05, 3.63) is 41.9 Å². The zero-order chi connectivity index (χ0) is 23.4. The lowest BCUT2D eigenvalue weighted by molar-refractivity contribution is 0.0988. The largest absolute Gasteiger partial charge is 0.508 e. The number of amides is 1. The molecule has 0 aliphatic carbocycles. The Kier molecular flexibility index (Phi) is 6.91. The van der Waals surface area contributed by atoms with E-state index >= 15 is 0 Å². The van der Waals surface area contributed by atoms with Gasteiger partial charge in [-0.3, -0.25) is 9.36 Å². The van der Waals surface area contributed by atoms with Crippen LogP contribution in [0, 0.1) is 0 Å². The van der Waals surface area contributed by atoms with E-state index in [0.717, 1.165) is 5.82 Å². The summed E-state index contributed by atoms with van der Waals surface area (Å²) in [5.41, 5.74) is 7.16. The fourth-order valence-electron chi connectivity index (χ4n) is 3.26. The van der Waals surface area contributed by atoms with Crippen LogP contribution in [-0.4, -0.2) is 58.1 Å². The molecular formula is C21H27N7O4. The summed E-state index contributed by atoms with van der Waals surface area (Å²) >= 11 is 0. The van der Waals surface area contributed by atoms with Crippen molar-refractivity contribution in [1.82, 2.24) is 19.7 Å². The van der Waals surface area contributed by atoms with Gasteiger partial charge in [0.25, 0.3) is 5.91 Å². The van der Waals surface area contributed by atoms with Crippen LogP contribution < -0.4 is 21.4 Å². The van der Waals surface area contributed by atoms with Crippen molar-refractivity contribution < 1.29 is 19.5 Å². The van der Waals surface area contributed by atoms with Crippen LogP contribution in [0.3, 0.4) is 0 Å². The normalized spacial score (nSPS) is 11.1. The molecule has 0 saturated carbocycles. The quantitative estimate of drug-likeness (QED) is 0.420. The van der Waals surface area contributed by atoms with Gasteiger partial charge in [0.15, 0.2) is 11.6 Å². The Bertz CT molecular complexity index is 1100. The molecule has 0 aliphatic rings. The number of phenols is 1. The molecule has 2 aromatic heterocycles. The Morgan fingerprint density at radius 1 is 1.28 bits per heavy atom. The summed E-state index contributed by atoms with van der Waals surface area (Å²) in [6, 6.07) is 6.68. The number of carbonyl (C=O) groups is 1. The summed E-state index contributed by atoms with van der Waals surface area (Å²) in [6.07, 6.45) is 1.59. The van der Waals surface area contributed by atoms with Gasteiger partial charge in [0.05, 0.1) is 24.1 Å². The molecule has 1 aromatic carbocycles. The molecule has 11 nitrogen and oxygen atoms in total. The van der Waals surface area contributed by atoms with Crippen molar-refractivity contribution >= 4 is 11.7 Å². The van der Waals surface area contributed by atoms with E-state index in [2.05, 4.69) is 15.2 Å². The first-order chi connectivity index (χ1) is 15.3. The molecule has 0 radical (unpaired) electrons. The molecule has 0 aliphatic heterocycles. The van der Waals surface area contributed by atoms with E-state index in [1.54, 1.807) is 31.5 Å². The number of ether oxygens (including phenoxy) is 1. The second-order valence-corrected chi connectivity index (χ2v) is 7.52. The van der Waals surface area contributed by atoms with Crippen molar-refractivity contribution in [1.29, 1.82) is 0 Å². The Hall–Kier alpha value is -3.70. The maximum atomic E-state index is 12.1. The highest BCUT2D eigenvalue weighted by Crippen LogP contribution is 2.38. The lowest BCUT2D eigenvalue weighted by Crippen LogP contribution is -2.23. The molecule has 3 rings (SSSR count). The number of nitrogens with zero attached hydrogens (tertiary/aromatic N) is 5. The average Bonchev–Trinajstić information content (AvgIpc) is 3.22. The number of pyridine rings is 1. The molecule has 0 fully saturated rings. The van der Waals surface area contributed by atoms with Gasteiger partial charge in [-0.2, -0.15) is 5.90 Å². The van der Waals surface area contributed by atoms with Crippen molar-refractivity contribution in [2.45, 2.75) is 19.8 Å². The van der Waals surface area contributed by atoms with Gasteiger partial charge in [0, 0.05) is 26.8 Å². The summed E-state index contributed by atoms with van der Waals surface area (Å²) < 4.78 is 6.58. The predicted octanol–water partition coefficient (Wildman–Crippen LogP) is 1.59. The molecule has 0 saturated heterocycles. The number of primary amides is 1. The van der Waals surface area contributed by atoms with Crippen LogP contribution in [0.2, 0.25) is 0 Å². The number of anilines is 1. The van der Waals surface area contributed by atoms with E-state index in [4.69, 9.17) is 21.2 Å². The molecule has 1 amide bonds. The Morgan fingerprint density at radius 3 is 2.59 bits per heavy atom. The number of nitrogens with two attached hydrogens (primary N) is 2. The van der Waals surface area contributed by atoms with Gasteiger partial charge in [-0.1, -0.05) is 13.8 Å². The highest BCUT2D eigenvalue weighted by Gasteiger charge is 2.24. The van der Waals surface area contributed by atoms with Crippen LogP contribution in [0.1, 0.15) is 35.9 Å². The average molecular weight is 441 g/mol. The summed E-state index contributed by atoms with van der Waals surface area (Å²) in [5.74, 6) is 5.81. The van der Waals surface area contributed by atoms with Crippen LogP contribution >= 0.6 is 0 Å². The topological polar surface area (TPSA) is 155 Å².